The Morgan fingerprint density at radius 1 is 1.00 bits per heavy atom. The van der Waals surface area contributed by atoms with Gasteiger partial charge < -0.3 is 25.1 Å². The first-order valence-corrected chi connectivity index (χ1v) is 8.97. The number of hydrogen-bond acceptors (Lipinski definition) is 5. The minimum absolute atomic E-state index is 0.0530. The fourth-order valence-corrected chi connectivity index (χ4v) is 2.54. The molecular weight excluding hydrogens is 370 g/mol. The van der Waals surface area contributed by atoms with Gasteiger partial charge in [-0.1, -0.05) is 30.9 Å². The molecule has 29 heavy (non-hydrogen) atoms. The number of hydrogen-bond donors (Lipinski definition) is 3. The molecule has 0 spiro atoms. The summed E-state index contributed by atoms with van der Waals surface area (Å²) in [6.45, 7) is 4.05. The number of furan rings is 1. The highest BCUT2D eigenvalue weighted by Crippen LogP contribution is 2.23. The molecule has 0 aliphatic rings. The number of carbonyl (C=O) groups excluding carboxylic acids is 2. The smallest absolute Gasteiger partial charge is 0.291 e. The summed E-state index contributed by atoms with van der Waals surface area (Å²) in [4.78, 5) is 24.4. The number of anilines is 3. The predicted molar refractivity (Wildman–Crippen MR) is 112 cm³/mol. The summed E-state index contributed by atoms with van der Waals surface area (Å²) in [6.07, 6.45) is 3.08. The second kappa shape index (κ2) is 9.80. The molecular formula is C22H21N3O4. The molecule has 0 saturated heterocycles. The molecule has 148 valence electrons. The minimum Gasteiger partial charge on any atom is -0.487 e. The van der Waals surface area contributed by atoms with Crippen LogP contribution in [-0.2, 0) is 4.79 Å². The van der Waals surface area contributed by atoms with Crippen molar-refractivity contribution in [3.63, 3.8) is 0 Å². The van der Waals surface area contributed by atoms with Crippen molar-refractivity contribution < 1.29 is 18.7 Å². The van der Waals surface area contributed by atoms with Crippen molar-refractivity contribution in [2.45, 2.75) is 0 Å². The Morgan fingerprint density at radius 2 is 1.79 bits per heavy atom. The van der Waals surface area contributed by atoms with Crippen LogP contribution in [0.15, 0.2) is 84.0 Å². The summed E-state index contributed by atoms with van der Waals surface area (Å²) in [5.74, 6) is 0.248. The highest BCUT2D eigenvalue weighted by molar-refractivity contribution is 6.02. The van der Waals surface area contributed by atoms with Crippen LogP contribution in [-0.4, -0.2) is 25.0 Å². The number of amides is 2. The Balaban J connectivity index is 1.56. The molecule has 7 nitrogen and oxygen atoms in total. The van der Waals surface area contributed by atoms with Gasteiger partial charge in [0.05, 0.1) is 18.5 Å². The fourth-order valence-electron chi connectivity index (χ4n) is 2.54. The molecule has 0 radical (unpaired) electrons. The van der Waals surface area contributed by atoms with Crippen molar-refractivity contribution in [1.29, 1.82) is 0 Å². The van der Waals surface area contributed by atoms with Gasteiger partial charge >= 0.3 is 0 Å². The Bertz CT molecular complexity index is 983. The third kappa shape index (κ3) is 5.74. The first kappa shape index (κ1) is 19.8. The average Bonchev–Trinajstić information content (AvgIpc) is 3.27. The summed E-state index contributed by atoms with van der Waals surface area (Å²) in [5.41, 5.74) is 1.81. The van der Waals surface area contributed by atoms with Gasteiger partial charge in [-0.2, -0.15) is 0 Å². The zero-order valence-electron chi connectivity index (χ0n) is 15.7. The quantitative estimate of drug-likeness (QED) is 0.477. The summed E-state index contributed by atoms with van der Waals surface area (Å²) >= 11 is 0. The van der Waals surface area contributed by atoms with Crippen LogP contribution in [0.5, 0.6) is 5.75 Å². The maximum Gasteiger partial charge on any atom is 0.291 e. The Hall–Kier alpha value is -4.00. The molecule has 3 N–H and O–H groups in total. The van der Waals surface area contributed by atoms with E-state index in [-0.39, 0.29) is 24.1 Å². The molecule has 3 rings (SSSR count). The van der Waals surface area contributed by atoms with Gasteiger partial charge in [0, 0.05) is 11.4 Å². The molecule has 3 aromatic rings. The van der Waals surface area contributed by atoms with Gasteiger partial charge in [0.25, 0.3) is 5.91 Å². The zero-order chi connectivity index (χ0) is 20.5. The standard InChI is InChI=1S/C22H21N3O4/c1-2-12-28-19-10-4-3-9-18(19)23-15-21(26)24-16-7-5-8-17(14-16)25-22(27)20-11-6-13-29-20/h2-11,13-14,23H,1,12,15H2,(H,24,26)(H,25,27). The van der Waals surface area contributed by atoms with Crippen molar-refractivity contribution in [3.8, 4) is 5.75 Å². The van der Waals surface area contributed by atoms with Crippen molar-refractivity contribution in [1.82, 2.24) is 0 Å². The highest BCUT2D eigenvalue weighted by atomic mass is 16.5. The van der Waals surface area contributed by atoms with Crippen LogP contribution < -0.4 is 20.7 Å². The minimum atomic E-state index is -0.365. The number of para-hydroxylation sites is 2. The SMILES string of the molecule is C=CCOc1ccccc1NCC(=O)Nc1cccc(NC(=O)c2ccco2)c1. The van der Waals surface area contributed by atoms with Crippen LogP contribution in [0.25, 0.3) is 0 Å². The average molecular weight is 391 g/mol. The lowest BCUT2D eigenvalue weighted by atomic mass is 10.2. The third-order valence-corrected chi connectivity index (χ3v) is 3.83. The second-order valence-electron chi connectivity index (χ2n) is 6.01. The number of rotatable bonds is 9. The van der Waals surface area contributed by atoms with Crippen LogP contribution >= 0.6 is 0 Å². The largest absolute Gasteiger partial charge is 0.487 e. The normalized spacial score (nSPS) is 10.1. The van der Waals surface area contributed by atoms with Gasteiger partial charge in [-0.3, -0.25) is 9.59 Å². The molecule has 7 heteroatoms. The van der Waals surface area contributed by atoms with Crippen molar-refractivity contribution in [2.75, 3.05) is 29.1 Å². The van der Waals surface area contributed by atoms with Crippen LogP contribution in [0.2, 0.25) is 0 Å². The van der Waals surface area contributed by atoms with Gasteiger partial charge in [-0.25, -0.2) is 0 Å². The molecule has 0 aliphatic carbocycles. The molecule has 0 saturated carbocycles. The summed E-state index contributed by atoms with van der Waals surface area (Å²) in [5, 5.41) is 8.56. The topological polar surface area (TPSA) is 92.6 Å². The van der Waals surface area contributed by atoms with Gasteiger partial charge in [0.2, 0.25) is 5.91 Å². The van der Waals surface area contributed by atoms with E-state index in [9.17, 15) is 9.59 Å². The van der Waals surface area contributed by atoms with E-state index < -0.39 is 0 Å². The summed E-state index contributed by atoms with van der Waals surface area (Å²) in [6, 6.07) is 17.4. The molecule has 2 aromatic carbocycles. The molecule has 0 fully saturated rings. The van der Waals surface area contributed by atoms with Crippen LogP contribution in [0.3, 0.4) is 0 Å². The molecule has 1 aromatic heterocycles. The highest BCUT2D eigenvalue weighted by Gasteiger charge is 2.10. The molecule has 2 amide bonds. The van der Waals surface area contributed by atoms with Crippen molar-refractivity contribution in [3.05, 3.63) is 85.3 Å². The molecule has 1 heterocycles. The fraction of sp³-hybridized carbons (Fsp3) is 0.0909. The predicted octanol–water partition coefficient (Wildman–Crippen LogP) is 4.15. The van der Waals surface area contributed by atoms with E-state index in [0.29, 0.717) is 29.4 Å². The van der Waals surface area contributed by atoms with Gasteiger partial charge in [-0.15, -0.1) is 0 Å². The number of benzene rings is 2. The number of carbonyl (C=O) groups is 2. The van der Waals surface area contributed by atoms with Gasteiger partial charge in [0.1, 0.15) is 12.4 Å². The summed E-state index contributed by atoms with van der Waals surface area (Å²) < 4.78 is 10.6. The molecule has 0 atom stereocenters. The lowest BCUT2D eigenvalue weighted by molar-refractivity contribution is -0.114. The van der Waals surface area contributed by atoms with E-state index >= 15 is 0 Å². The van der Waals surface area contributed by atoms with E-state index in [0.717, 1.165) is 0 Å². The van der Waals surface area contributed by atoms with E-state index in [1.54, 1.807) is 42.5 Å². The molecule has 0 unspecified atom stereocenters. The molecule has 0 bridgehead atoms. The van der Waals surface area contributed by atoms with E-state index in [2.05, 4.69) is 22.5 Å². The monoisotopic (exact) mass is 391 g/mol. The second-order valence-corrected chi connectivity index (χ2v) is 6.01. The Kier molecular flexibility index (Phi) is 6.67. The number of ether oxygens (including phenoxy) is 1. The van der Waals surface area contributed by atoms with Crippen LogP contribution in [0.4, 0.5) is 17.1 Å². The third-order valence-electron chi connectivity index (χ3n) is 3.83. The maximum absolute atomic E-state index is 12.3. The Labute approximate surface area is 168 Å². The van der Waals surface area contributed by atoms with Crippen molar-refractivity contribution >= 4 is 28.9 Å². The van der Waals surface area contributed by atoms with Crippen LogP contribution in [0.1, 0.15) is 10.6 Å². The van der Waals surface area contributed by atoms with E-state index in [1.807, 2.05) is 24.3 Å². The molecule has 0 aliphatic heterocycles. The van der Waals surface area contributed by atoms with Gasteiger partial charge in [0.15, 0.2) is 5.76 Å². The zero-order valence-corrected chi connectivity index (χ0v) is 15.7. The summed E-state index contributed by atoms with van der Waals surface area (Å²) in [7, 11) is 0. The number of nitrogens with one attached hydrogen (secondary N) is 3. The maximum atomic E-state index is 12.3. The van der Waals surface area contributed by atoms with E-state index in [1.165, 1.54) is 6.26 Å². The lowest BCUT2D eigenvalue weighted by Crippen LogP contribution is -2.22. The lowest BCUT2D eigenvalue weighted by Gasteiger charge is -2.12. The first-order chi connectivity index (χ1) is 14.2. The van der Waals surface area contributed by atoms with Gasteiger partial charge in [-0.05, 0) is 42.5 Å². The van der Waals surface area contributed by atoms with Crippen molar-refractivity contribution in [2.24, 2.45) is 0 Å². The first-order valence-electron chi connectivity index (χ1n) is 8.97. The van der Waals surface area contributed by atoms with Crippen LogP contribution in [0, 0.1) is 0 Å². The Morgan fingerprint density at radius 3 is 2.55 bits per heavy atom. The van der Waals surface area contributed by atoms with E-state index in [4.69, 9.17) is 9.15 Å².